The van der Waals surface area contributed by atoms with E-state index in [2.05, 4.69) is 60.6 Å². The van der Waals surface area contributed by atoms with E-state index in [-0.39, 0.29) is 42.4 Å². The molecule has 1 radical (unpaired) electrons. The number of benzene rings is 1. The molecule has 1 rings (SSSR count). The number of phenols is 1. The van der Waals surface area contributed by atoms with Gasteiger partial charge in [0.1, 0.15) is 5.75 Å². The van der Waals surface area contributed by atoms with E-state index in [1.807, 2.05) is 0 Å². The molecule has 0 aliphatic heterocycles. The summed E-state index contributed by atoms with van der Waals surface area (Å²) in [5.74, 6) is 0.615. The summed E-state index contributed by atoms with van der Waals surface area (Å²) in [6.45, 7) is 17.2. The number of aliphatic hydroxyl groups is 1. The van der Waals surface area contributed by atoms with Crippen LogP contribution in [0.1, 0.15) is 89.8 Å². The maximum Gasteiger partial charge on any atom is 0.318 e. The van der Waals surface area contributed by atoms with E-state index in [0.29, 0.717) is 18.1 Å². The molecule has 0 saturated heterocycles. The Bertz CT molecular complexity index is 653. The highest BCUT2D eigenvalue weighted by atomic mass is 32.2. The molecule has 6 heteroatoms. The van der Waals surface area contributed by atoms with E-state index in [1.165, 1.54) is 0 Å². The van der Waals surface area contributed by atoms with Crippen LogP contribution in [0.3, 0.4) is 0 Å². The first kappa shape index (κ1) is 27.8. The van der Waals surface area contributed by atoms with Crippen LogP contribution in [-0.2, 0) is 24.5 Å². The molecular formula is C25H41O5S. The molecule has 1 aromatic rings. The number of carbonyl (C=O) groups excluding carboxylic acids is 1. The number of carbonyl (C=O) groups is 1. The molecule has 0 amide bonds. The highest BCUT2D eigenvalue weighted by molar-refractivity contribution is 7.95. The average Bonchev–Trinajstić information content (AvgIpc) is 2.66. The van der Waals surface area contributed by atoms with Crippen molar-refractivity contribution < 1.29 is 23.9 Å². The normalized spacial score (nSPS) is 13.3. The van der Waals surface area contributed by atoms with Crippen molar-refractivity contribution in [3.8, 4) is 5.75 Å². The smallest absolute Gasteiger partial charge is 0.318 e. The van der Waals surface area contributed by atoms with E-state index >= 15 is 0 Å². The van der Waals surface area contributed by atoms with Gasteiger partial charge in [0.2, 0.25) is 0 Å². The Morgan fingerprint density at radius 2 is 1.68 bits per heavy atom. The van der Waals surface area contributed by atoms with Crippen molar-refractivity contribution in [2.45, 2.75) is 84.0 Å². The minimum absolute atomic E-state index is 0.00305. The Balaban J connectivity index is 3.08. The molecule has 0 aliphatic rings. The molecule has 5 nitrogen and oxygen atoms in total. The fourth-order valence-corrected chi connectivity index (χ4v) is 3.88. The first-order valence-corrected chi connectivity index (χ1v) is 12.0. The maximum absolute atomic E-state index is 12.5. The zero-order chi connectivity index (χ0) is 23.7. The fraction of sp³-hybridized carbons (Fsp3) is 0.680. The molecule has 1 unspecified atom stereocenters. The summed E-state index contributed by atoms with van der Waals surface area (Å²) in [4.78, 5) is 12.5. The largest absolute Gasteiger partial charge is 0.507 e. The molecule has 0 fully saturated rings. The topological polar surface area (TPSA) is 76.0 Å². The van der Waals surface area contributed by atoms with Crippen LogP contribution in [0.2, 0.25) is 0 Å². The first-order valence-electron chi connectivity index (χ1n) is 11.1. The number of aliphatic hydroxyl groups excluding tert-OH is 1. The van der Waals surface area contributed by atoms with Crippen LogP contribution in [0.25, 0.3) is 0 Å². The van der Waals surface area contributed by atoms with Gasteiger partial charge in [-0.2, -0.15) is 0 Å². The fourth-order valence-electron chi connectivity index (χ4n) is 3.42. The Kier molecular flexibility index (Phi) is 11.4. The highest BCUT2D eigenvalue weighted by Gasteiger charge is 2.29. The molecule has 0 saturated carbocycles. The summed E-state index contributed by atoms with van der Waals surface area (Å²) in [6.07, 6.45) is 2.83. The highest BCUT2D eigenvalue weighted by Crippen LogP contribution is 2.42. The quantitative estimate of drug-likeness (QED) is 0.314. The average molecular weight is 454 g/mol. The SMILES string of the molecule is [CH2]CCCC(CC(=O)OSCCOCCO)c1cc(C(C)(C)C)c(O)c(C(C)(C)C)c1. The van der Waals surface area contributed by atoms with Crippen LogP contribution in [0.5, 0.6) is 5.75 Å². The zero-order valence-corrected chi connectivity index (χ0v) is 20.9. The molecule has 0 spiro atoms. The van der Waals surface area contributed by atoms with Gasteiger partial charge in [0.25, 0.3) is 0 Å². The lowest BCUT2D eigenvalue weighted by Crippen LogP contribution is -2.19. The molecule has 177 valence electrons. The van der Waals surface area contributed by atoms with E-state index in [1.54, 1.807) is 0 Å². The van der Waals surface area contributed by atoms with Crippen molar-refractivity contribution in [1.82, 2.24) is 0 Å². The third-order valence-electron chi connectivity index (χ3n) is 5.13. The molecule has 1 aromatic carbocycles. The molecule has 2 N–H and O–H groups in total. The summed E-state index contributed by atoms with van der Waals surface area (Å²) >= 11 is 1.08. The van der Waals surface area contributed by atoms with Crippen LogP contribution in [0, 0.1) is 6.92 Å². The third-order valence-corrected chi connectivity index (χ3v) is 5.77. The van der Waals surface area contributed by atoms with E-state index in [9.17, 15) is 9.90 Å². The van der Waals surface area contributed by atoms with E-state index < -0.39 is 0 Å². The van der Waals surface area contributed by atoms with Crippen LogP contribution >= 0.6 is 12.0 Å². The summed E-state index contributed by atoms with van der Waals surface area (Å²) < 4.78 is 10.5. The van der Waals surface area contributed by atoms with Gasteiger partial charge in [0, 0.05) is 0 Å². The van der Waals surface area contributed by atoms with Gasteiger partial charge in [0.05, 0.1) is 44.0 Å². The monoisotopic (exact) mass is 453 g/mol. The Morgan fingerprint density at radius 3 is 2.16 bits per heavy atom. The van der Waals surface area contributed by atoms with Gasteiger partial charge in [-0.25, -0.2) is 0 Å². The third kappa shape index (κ3) is 9.42. The van der Waals surface area contributed by atoms with Crippen LogP contribution in [0.4, 0.5) is 0 Å². The number of phenolic OH excluding ortho intramolecular Hbond substituents is 1. The number of unbranched alkanes of at least 4 members (excludes halogenated alkanes) is 1. The number of rotatable bonds is 12. The second-order valence-electron chi connectivity index (χ2n) is 9.97. The Morgan fingerprint density at radius 1 is 1.10 bits per heavy atom. The second-order valence-corrected chi connectivity index (χ2v) is 10.8. The Hall–Kier alpha value is -1.24. The van der Waals surface area contributed by atoms with Gasteiger partial charge in [-0.15, -0.1) is 0 Å². The van der Waals surface area contributed by atoms with Crippen molar-refractivity contribution in [2.24, 2.45) is 0 Å². The van der Waals surface area contributed by atoms with Crippen molar-refractivity contribution in [3.63, 3.8) is 0 Å². The molecule has 1 atom stereocenters. The maximum atomic E-state index is 12.5. The van der Waals surface area contributed by atoms with Crippen LogP contribution < -0.4 is 0 Å². The molecule has 0 aromatic heterocycles. The van der Waals surface area contributed by atoms with Crippen molar-refractivity contribution in [3.05, 3.63) is 35.7 Å². The van der Waals surface area contributed by atoms with Crippen molar-refractivity contribution in [2.75, 3.05) is 25.6 Å². The first-order chi connectivity index (χ1) is 14.4. The van der Waals surface area contributed by atoms with E-state index in [4.69, 9.17) is 14.0 Å². The number of aromatic hydroxyl groups is 1. The predicted octanol–water partition coefficient (Wildman–Crippen LogP) is 5.67. The number of hydrogen-bond acceptors (Lipinski definition) is 6. The summed E-state index contributed by atoms with van der Waals surface area (Å²) in [5.41, 5.74) is 2.43. The minimum Gasteiger partial charge on any atom is -0.507 e. The molecule has 0 bridgehead atoms. The standard InChI is InChI=1S/C25H41O5S/c1-8-9-10-18(17-22(27)30-31-14-13-29-12-11-26)19-15-20(24(2,3)4)23(28)21(16-19)25(5,6)7/h15-16,18,26,28H,1,8-14,17H2,2-7H3. The molecule has 31 heavy (non-hydrogen) atoms. The predicted molar refractivity (Wildman–Crippen MR) is 129 cm³/mol. The molecule has 0 heterocycles. The van der Waals surface area contributed by atoms with Crippen LogP contribution in [0.15, 0.2) is 12.1 Å². The lowest BCUT2D eigenvalue weighted by Gasteiger charge is -2.30. The number of hydrogen-bond donors (Lipinski definition) is 2. The summed E-state index contributed by atoms with van der Waals surface area (Å²) in [7, 11) is 0. The van der Waals surface area contributed by atoms with Gasteiger partial charge in [-0.1, -0.05) is 73.4 Å². The number of ether oxygens (including phenoxy) is 1. The second kappa shape index (κ2) is 12.7. The van der Waals surface area contributed by atoms with Gasteiger partial charge >= 0.3 is 5.97 Å². The molecule has 0 aliphatic carbocycles. The van der Waals surface area contributed by atoms with E-state index in [0.717, 1.165) is 48.0 Å². The Labute approximate surface area is 193 Å². The van der Waals surface area contributed by atoms with Crippen molar-refractivity contribution >= 4 is 18.0 Å². The van der Waals surface area contributed by atoms with Crippen LogP contribution in [-0.4, -0.2) is 41.8 Å². The zero-order valence-electron chi connectivity index (χ0n) is 20.1. The van der Waals surface area contributed by atoms with Gasteiger partial charge in [-0.05, 0) is 39.9 Å². The minimum atomic E-state index is -0.260. The lowest BCUT2D eigenvalue weighted by atomic mass is 9.76. The van der Waals surface area contributed by atoms with Gasteiger partial charge in [-0.3, -0.25) is 4.79 Å². The molecular weight excluding hydrogens is 412 g/mol. The lowest BCUT2D eigenvalue weighted by molar-refractivity contribution is -0.133. The summed E-state index contributed by atoms with van der Waals surface area (Å²) in [5, 5.41) is 19.7. The van der Waals surface area contributed by atoms with Crippen molar-refractivity contribution in [1.29, 1.82) is 0 Å². The van der Waals surface area contributed by atoms with Gasteiger partial charge in [0.15, 0.2) is 0 Å². The van der Waals surface area contributed by atoms with Gasteiger partial charge < -0.3 is 19.1 Å². The summed E-state index contributed by atoms with van der Waals surface area (Å²) in [6, 6.07) is 4.11.